The van der Waals surface area contributed by atoms with Crippen LogP contribution in [0.2, 0.25) is 0 Å². The van der Waals surface area contributed by atoms with Crippen molar-refractivity contribution in [3.63, 3.8) is 0 Å². The van der Waals surface area contributed by atoms with Gasteiger partial charge in [0.25, 0.3) is 0 Å². The largest absolute Gasteiger partial charge is 0.479 e. The minimum absolute atomic E-state index is 0.310. The molecule has 0 bridgehead atoms. The molecule has 112 valence electrons. The first-order chi connectivity index (χ1) is 10.0. The highest BCUT2D eigenvalue weighted by molar-refractivity contribution is 5.81. The number of carbonyl (C=O) groups is 1. The van der Waals surface area contributed by atoms with Crippen molar-refractivity contribution in [2.75, 3.05) is 6.61 Å². The van der Waals surface area contributed by atoms with Crippen molar-refractivity contribution in [3.8, 4) is 5.75 Å². The summed E-state index contributed by atoms with van der Waals surface area (Å²) in [6.45, 7) is 5.74. The molecule has 0 N–H and O–H groups in total. The zero-order valence-corrected chi connectivity index (χ0v) is 12.3. The summed E-state index contributed by atoms with van der Waals surface area (Å²) >= 11 is 0. The highest BCUT2D eigenvalue weighted by Crippen LogP contribution is 2.23. The number of fused-ring (bicyclic) bond motifs is 1. The van der Waals surface area contributed by atoms with Gasteiger partial charge in [0.05, 0.1) is 6.61 Å². The number of hydrogen-bond acceptors (Lipinski definition) is 5. The van der Waals surface area contributed by atoms with Crippen molar-refractivity contribution in [1.29, 1.82) is 0 Å². The smallest absolute Gasteiger partial charge is 0.347 e. The van der Waals surface area contributed by atoms with Crippen molar-refractivity contribution in [2.24, 2.45) is 0 Å². The second-order valence-electron chi connectivity index (χ2n) is 4.67. The second-order valence-corrected chi connectivity index (χ2v) is 4.67. The maximum Gasteiger partial charge on any atom is 0.347 e. The Balaban J connectivity index is 2.30. The fourth-order valence-electron chi connectivity index (χ4n) is 2.08. The molecule has 1 aromatic heterocycles. The molecule has 0 saturated heterocycles. The number of esters is 1. The van der Waals surface area contributed by atoms with Crippen molar-refractivity contribution in [2.45, 2.75) is 33.3 Å². The van der Waals surface area contributed by atoms with Gasteiger partial charge < -0.3 is 13.9 Å². The first-order valence-corrected chi connectivity index (χ1v) is 6.93. The van der Waals surface area contributed by atoms with Gasteiger partial charge in [-0.3, -0.25) is 0 Å². The SMILES string of the molecule is CCOC(=O)[C@@H](CC)Oc1ccc2c(C)cc(=O)oc2c1. The van der Waals surface area contributed by atoms with Gasteiger partial charge in [0.2, 0.25) is 0 Å². The van der Waals surface area contributed by atoms with Gasteiger partial charge in [-0.25, -0.2) is 9.59 Å². The number of aryl methyl sites for hydroxylation is 1. The van der Waals surface area contributed by atoms with E-state index in [0.29, 0.717) is 24.4 Å². The first kappa shape index (κ1) is 15.1. The molecule has 0 fully saturated rings. The van der Waals surface area contributed by atoms with Crippen LogP contribution in [0.15, 0.2) is 33.5 Å². The maximum atomic E-state index is 11.7. The number of ether oxygens (including phenoxy) is 2. The van der Waals surface area contributed by atoms with Crippen LogP contribution in [0.25, 0.3) is 11.0 Å². The van der Waals surface area contributed by atoms with E-state index < -0.39 is 17.7 Å². The van der Waals surface area contributed by atoms with E-state index in [9.17, 15) is 9.59 Å². The third-order valence-corrected chi connectivity index (χ3v) is 3.12. The van der Waals surface area contributed by atoms with Gasteiger partial charge in [-0.15, -0.1) is 0 Å². The van der Waals surface area contributed by atoms with Gasteiger partial charge in [0.1, 0.15) is 11.3 Å². The highest BCUT2D eigenvalue weighted by Gasteiger charge is 2.19. The van der Waals surface area contributed by atoms with E-state index >= 15 is 0 Å². The minimum Gasteiger partial charge on any atom is -0.479 e. The van der Waals surface area contributed by atoms with Crippen LogP contribution in [-0.4, -0.2) is 18.7 Å². The Labute approximate surface area is 122 Å². The Morgan fingerprint density at radius 1 is 1.29 bits per heavy atom. The number of hydrogen-bond donors (Lipinski definition) is 0. The summed E-state index contributed by atoms with van der Waals surface area (Å²) in [5.41, 5.74) is 0.871. The Morgan fingerprint density at radius 3 is 2.71 bits per heavy atom. The summed E-state index contributed by atoms with van der Waals surface area (Å²) in [5.74, 6) is 0.0712. The Morgan fingerprint density at radius 2 is 2.05 bits per heavy atom. The number of rotatable bonds is 5. The van der Waals surface area contributed by atoms with Crippen molar-refractivity contribution < 1.29 is 18.7 Å². The van der Waals surface area contributed by atoms with Crippen LogP contribution >= 0.6 is 0 Å². The molecule has 0 aliphatic carbocycles. The lowest BCUT2D eigenvalue weighted by Gasteiger charge is -2.16. The molecular formula is C16H18O5. The minimum atomic E-state index is -0.668. The van der Waals surface area contributed by atoms with Gasteiger partial charge in [0.15, 0.2) is 6.10 Å². The zero-order valence-electron chi connectivity index (χ0n) is 12.3. The normalized spacial score (nSPS) is 12.1. The summed E-state index contributed by atoms with van der Waals surface area (Å²) in [7, 11) is 0. The molecule has 0 radical (unpaired) electrons. The fourth-order valence-corrected chi connectivity index (χ4v) is 2.08. The van der Waals surface area contributed by atoms with Crippen LogP contribution in [0, 0.1) is 6.92 Å². The Kier molecular flexibility index (Phi) is 4.62. The summed E-state index contributed by atoms with van der Waals surface area (Å²) in [4.78, 5) is 23.1. The third-order valence-electron chi connectivity index (χ3n) is 3.12. The average molecular weight is 290 g/mol. The lowest BCUT2D eigenvalue weighted by molar-refractivity contribution is -0.151. The summed E-state index contributed by atoms with van der Waals surface area (Å²) in [6, 6.07) is 6.61. The molecule has 1 heterocycles. The molecule has 2 rings (SSSR count). The molecule has 5 nitrogen and oxygen atoms in total. The van der Waals surface area contributed by atoms with Gasteiger partial charge in [-0.2, -0.15) is 0 Å². The molecule has 0 aliphatic heterocycles. The van der Waals surface area contributed by atoms with E-state index in [4.69, 9.17) is 13.9 Å². The quantitative estimate of drug-likeness (QED) is 0.625. The van der Waals surface area contributed by atoms with E-state index in [-0.39, 0.29) is 0 Å². The first-order valence-electron chi connectivity index (χ1n) is 6.93. The van der Waals surface area contributed by atoms with Crippen LogP contribution in [0.1, 0.15) is 25.8 Å². The standard InChI is InChI=1S/C16H18O5/c1-4-13(16(18)19-5-2)20-11-6-7-12-10(3)8-15(17)21-14(12)9-11/h6-9,13H,4-5H2,1-3H3/t13-/m1/s1. The van der Waals surface area contributed by atoms with Crippen molar-refractivity contribution in [1.82, 2.24) is 0 Å². The van der Waals surface area contributed by atoms with Crippen LogP contribution < -0.4 is 10.4 Å². The topological polar surface area (TPSA) is 65.7 Å². The van der Waals surface area contributed by atoms with Gasteiger partial charge in [0, 0.05) is 17.5 Å². The van der Waals surface area contributed by atoms with Crippen molar-refractivity contribution in [3.05, 3.63) is 40.2 Å². The molecule has 0 aliphatic rings. The Hall–Kier alpha value is -2.30. The van der Waals surface area contributed by atoms with Gasteiger partial charge in [-0.1, -0.05) is 6.92 Å². The number of carbonyl (C=O) groups excluding carboxylic acids is 1. The molecule has 5 heteroatoms. The van der Waals surface area contributed by atoms with Crippen molar-refractivity contribution >= 4 is 16.9 Å². The molecule has 0 saturated carbocycles. The molecule has 1 aromatic carbocycles. The van der Waals surface area contributed by atoms with Gasteiger partial charge in [-0.05, 0) is 38.0 Å². The summed E-state index contributed by atoms with van der Waals surface area (Å²) in [6.07, 6.45) is -0.173. The zero-order chi connectivity index (χ0) is 15.4. The summed E-state index contributed by atoms with van der Waals surface area (Å²) in [5, 5.41) is 0.839. The molecule has 1 atom stereocenters. The Bertz CT molecular complexity index is 701. The molecular weight excluding hydrogens is 272 g/mol. The lowest BCUT2D eigenvalue weighted by Crippen LogP contribution is -2.28. The van der Waals surface area contributed by atoms with E-state index in [1.807, 2.05) is 13.8 Å². The van der Waals surface area contributed by atoms with E-state index in [1.54, 1.807) is 25.1 Å². The van der Waals surface area contributed by atoms with E-state index in [2.05, 4.69) is 0 Å². The molecule has 2 aromatic rings. The monoisotopic (exact) mass is 290 g/mol. The second kappa shape index (κ2) is 6.43. The van der Waals surface area contributed by atoms with Crippen LogP contribution in [0.4, 0.5) is 0 Å². The fraction of sp³-hybridized carbons (Fsp3) is 0.375. The number of benzene rings is 1. The molecule has 21 heavy (non-hydrogen) atoms. The predicted molar refractivity (Wildman–Crippen MR) is 78.6 cm³/mol. The van der Waals surface area contributed by atoms with Crippen LogP contribution in [0.3, 0.4) is 0 Å². The van der Waals surface area contributed by atoms with E-state index in [0.717, 1.165) is 10.9 Å². The molecule has 0 spiro atoms. The predicted octanol–water partition coefficient (Wildman–Crippen LogP) is 2.82. The lowest BCUT2D eigenvalue weighted by atomic mass is 10.1. The van der Waals surface area contributed by atoms with E-state index in [1.165, 1.54) is 6.07 Å². The van der Waals surface area contributed by atoms with Gasteiger partial charge >= 0.3 is 11.6 Å². The summed E-state index contributed by atoms with van der Waals surface area (Å²) < 4.78 is 15.7. The van der Waals surface area contributed by atoms with Crippen LogP contribution in [-0.2, 0) is 9.53 Å². The third kappa shape index (κ3) is 3.42. The highest BCUT2D eigenvalue weighted by atomic mass is 16.6. The maximum absolute atomic E-state index is 11.7. The average Bonchev–Trinajstić information content (AvgIpc) is 2.44. The molecule has 0 unspecified atom stereocenters. The van der Waals surface area contributed by atoms with Crippen LogP contribution in [0.5, 0.6) is 5.75 Å². The molecule has 0 amide bonds.